The summed E-state index contributed by atoms with van der Waals surface area (Å²) in [4.78, 5) is 11.8. The highest BCUT2D eigenvalue weighted by molar-refractivity contribution is 7.89. The zero-order valence-corrected chi connectivity index (χ0v) is 14.0. The molecule has 2 rings (SSSR count). The highest BCUT2D eigenvalue weighted by Gasteiger charge is 2.19. The maximum atomic E-state index is 13.7. The monoisotopic (exact) mass is 374 g/mol. The van der Waals surface area contributed by atoms with Crippen LogP contribution in [0.5, 0.6) is 0 Å². The Morgan fingerprint density at radius 2 is 1.88 bits per heavy atom. The SMILES string of the molecule is CC(NC(=O)c1ccc(Cl)c(S(N)(=O)=O)c1)c1ccc(F)cc1F. The van der Waals surface area contributed by atoms with Gasteiger partial charge in [0.2, 0.25) is 10.0 Å². The smallest absolute Gasteiger partial charge is 0.251 e. The van der Waals surface area contributed by atoms with Crippen LogP contribution >= 0.6 is 11.6 Å². The van der Waals surface area contributed by atoms with Crippen LogP contribution in [0, 0.1) is 11.6 Å². The molecule has 2 aromatic rings. The van der Waals surface area contributed by atoms with Crippen molar-refractivity contribution >= 4 is 27.5 Å². The Hall–Kier alpha value is -2.03. The topological polar surface area (TPSA) is 89.3 Å². The number of carbonyl (C=O) groups is 1. The quantitative estimate of drug-likeness (QED) is 0.862. The van der Waals surface area contributed by atoms with Gasteiger partial charge in [-0.15, -0.1) is 0 Å². The van der Waals surface area contributed by atoms with Gasteiger partial charge < -0.3 is 5.32 Å². The first-order valence-corrected chi connectivity index (χ1v) is 8.60. The van der Waals surface area contributed by atoms with Gasteiger partial charge in [-0.3, -0.25) is 4.79 Å². The van der Waals surface area contributed by atoms with Crippen molar-refractivity contribution in [3.63, 3.8) is 0 Å². The fourth-order valence-corrected chi connectivity index (χ4v) is 3.14. The normalized spacial score (nSPS) is 12.7. The number of rotatable bonds is 4. The van der Waals surface area contributed by atoms with E-state index in [9.17, 15) is 22.0 Å². The first-order chi connectivity index (χ1) is 11.1. The van der Waals surface area contributed by atoms with Gasteiger partial charge in [-0.25, -0.2) is 22.3 Å². The molecule has 0 radical (unpaired) electrons. The van der Waals surface area contributed by atoms with E-state index in [1.54, 1.807) is 0 Å². The molecule has 24 heavy (non-hydrogen) atoms. The van der Waals surface area contributed by atoms with E-state index in [1.807, 2.05) is 0 Å². The van der Waals surface area contributed by atoms with E-state index in [0.717, 1.165) is 12.1 Å². The fourth-order valence-electron chi connectivity index (χ4n) is 2.07. The number of halogens is 3. The van der Waals surface area contributed by atoms with Crippen molar-refractivity contribution in [2.45, 2.75) is 17.9 Å². The van der Waals surface area contributed by atoms with E-state index in [2.05, 4.69) is 5.32 Å². The largest absolute Gasteiger partial charge is 0.345 e. The van der Waals surface area contributed by atoms with Gasteiger partial charge in [0.1, 0.15) is 16.5 Å². The van der Waals surface area contributed by atoms with Crippen LogP contribution in [0.25, 0.3) is 0 Å². The van der Waals surface area contributed by atoms with Crippen LogP contribution in [0.15, 0.2) is 41.3 Å². The van der Waals surface area contributed by atoms with Gasteiger partial charge >= 0.3 is 0 Å². The number of nitrogens with two attached hydrogens (primary N) is 1. The summed E-state index contributed by atoms with van der Waals surface area (Å²) in [7, 11) is -4.10. The van der Waals surface area contributed by atoms with E-state index in [-0.39, 0.29) is 16.1 Å². The molecule has 1 amide bonds. The lowest BCUT2D eigenvalue weighted by Crippen LogP contribution is -2.27. The van der Waals surface area contributed by atoms with Gasteiger partial charge in [0, 0.05) is 17.2 Å². The van der Waals surface area contributed by atoms with E-state index in [1.165, 1.54) is 25.1 Å². The average molecular weight is 375 g/mol. The lowest BCUT2D eigenvalue weighted by Gasteiger charge is -2.15. The Balaban J connectivity index is 2.27. The molecule has 1 atom stereocenters. The van der Waals surface area contributed by atoms with Crippen molar-refractivity contribution in [1.82, 2.24) is 5.32 Å². The molecule has 0 aliphatic carbocycles. The van der Waals surface area contributed by atoms with Crippen LogP contribution in [-0.4, -0.2) is 14.3 Å². The third-order valence-corrected chi connectivity index (χ3v) is 4.67. The second kappa shape index (κ2) is 6.84. The Labute approximate surface area is 142 Å². The molecule has 5 nitrogen and oxygen atoms in total. The molecular formula is C15H13ClF2N2O3S. The van der Waals surface area contributed by atoms with Gasteiger partial charge in [0.05, 0.1) is 11.1 Å². The zero-order valence-electron chi connectivity index (χ0n) is 12.4. The highest BCUT2D eigenvalue weighted by atomic mass is 35.5. The highest BCUT2D eigenvalue weighted by Crippen LogP contribution is 2.23. The Bertz CT molecular complexity index is 904. The van der Waals surface area contributed by atoms with Crippen molar-refractivity contribution in [1.29, 1.82) is 0 Å². The number of benzene rings is 2. The molecule has 2 aromatic carbocycles. The molecule has 0 aromatic heterocycles. The molecule has 0 heterocycles. The molecular weight excluding hydrogens is 362 g/mol. The molecule has 128 valence electrons. The second-order valence-corrected chi connectivity index (χ2v) is 6.99. The number of nitrogens with one attached hydrogen (secondary N) is 1. The van der Waals surface area contributed by atoms with Crippen molar-refractivity contribution in [3.05, 3.63) is 64.2 Å². The minimum atomic E-state index is -4.10. The molecule has 3 N–H and O–H groups in total. The maximum absolute atomic E-state index is 13.7. The van der Waals surface area contributed by atoms with Crippen molar-refractivity contribution < 1.29 is 22.0 Å². The molecule has 9 heteroatoms. The van der Waals surface area contributed by atoms with Gasteiger partial charge in [0.15, 0.2) is 0 Å². The molecule has 0 aliphatic heterocycles. The van der Waals surface area contributed by atoms with E-state index >= 15 is 0 Å². The van der Waals surface area contributed by atoms with Crippen molar-refractivity contribution in [3.8, 4) is 0 Å². The van der Waals surface area contributed by atoms with Crippen molar-refractivity contribution in [2.24, 2.45) is 5.14 Å². The Kier molecular flexibility index (Phi) is 5.22. The fraction of sp³-hybridized carbons (Fsp3) is 0.133. The lowest BCUT2D eigenvalue weighted by molar-refractivity contribution is 0.0939. The number of sulfonamides is 1. The molecule has 0 fully saturated rings. The maximum Gasteiger partial charge on any atom is 0.251 e. The van der Waals surface area contributed by atoms with Gasteiger partial charge in [-0.1, -0.05) is 17.7 Å². The first kappa shape index (κ1) is 18.3. The number of hydrogen-bond donors (Lipinski definition) is 2. The van der Waals surface area contributed by atoms with Gasteiger partial charge in [-0.05, 0) is 31.2 Å². The number of carbonyl (C=O) groups excluding carboxylic acids is 1. The standard InChI is InChI=1S/C15H13ClF2N2O3S/c1-8(11-4-3-10(17)7-13(11)18)20-15(21)9-2-5-12(16)14(6-9)24(19,22)23/h2-8H,1H3,(H,20,21)(H2,19,22,23). The summed E-state index contributed by atoms with van der Waals surface area (Å²) in [6.45, 7) is 1.50. The summed E-state index contributed by atoms with van der Waals surface area (Å²) in [6.07, 6.45) is 0. The summed E-state index contributed by atoms with van der Waals surface area (Å²) in [5.41, 5.74) is 0.0724. The third kappa shape index (κ3) is 4.08. The van der Waals surface area contributed by atoms with Crippen LogP contribution in [0.1, 0.15) is 28.9 Å². The molecule has 0 saturated heterocycles. The van der Waals surface area contributed by atoms with Crippen LogP contribution in [0.3, 0.4) is 0 Å². The lowest BCUT2D eigenvalue weighted by atomic mass is 10.1. The molecule has 0 bridgehead atoms. The van der Waals surface area contributed by atoms with Crippen molar-refractivity contribution in [2.75, 3.05) is 0 Å². The van der Waals surface area contributed by atoms with Crippen LogP contribution < -0.4 is 10.5 Å². The first-order valence-electron chi connectivity index (χ1n) is 6.67. The second-order valence-electron chi connectivity index (χ2n) is 5.05. The molecule has 0 spiro atoms. The molecule has 0 aliphatic rings. The van der Waals surface area contributed by atoms with E-state index < -0.39 is 38.5 Å². The number of amides is 1. The van der Waals surface area contributed by atoms with Crippen LogP contribution in [0.4, 0.5) is 8.78 Å². The minimum Gasteiger partial charge on any atom is -0.345 e. The van der Waals surface area contributed by atoms with Crippen LogP contribution in [0.2, 0.25) is 5.02 Å². The van der Waals surface area contributed by atoms with Gasteiger partial charge in [-0.2, -0.15) is 0 Å². The Morgan fingerprint density at radius 1 is 1.21 bits per heavy atom. The Morgan fingerprint density at radius 3 is 2.46 bits per heavy atom. The number of hydrogen-bond acceptors (Lipinski definition) is 3. The zero-order chi connectivity index (χ0) is 18.1. The number of primary sulfonamides is 1. The summed E-state index contributed by atoms with van der Waals surface area (Å²) in [5.74, 6) is -2.19. The van der Waals surface area contributed by atoms with Gasteiger partial charge in [0.25, 0.3) is 5.91 Å². The summed E-state index contributed by atoms with van der Waals surface area (Å²) < 4.78 is 49.5. The predicted molar refractivity (Wildman–Crippen MR) is 85.1 cm³/mol. The minimum absolute atomic E-state index is 0.0159. The third-order valence-electron chi connectivity index (χ3n) is 3.28. The van der Waals surface area contributed by atoms with E-state index in [0.29, 0.717) is 6.07 Å². The van der Waals surface area contributed by atoms with Crippen LogP contribution in [-0.2, 0) is 10.0 Å². The summed E-state index contributed by atoms with van der Waals surface area (Å²) >= 11 is 5.75. The molecule has 1 unspecified atom stereocenters. The molecule has 0 saturated carbocycles. The predicted octanol–water partition coefficient (Wildman–Crippen LogP) is 2.76. The summed E-state index contributed by atoms with van der Waals surface area (Å²) in [5, 5.41) is 7.40. The average Bonchev–Trinajstić information content (AvgIpc) is 2.46. The summed E-state index contributed by atoms with van der Waals surface area (Å²) in [6, 6.07) is 5.78. The van der Waals surface area contributed by atoms with E-state index in [4.69, 9.17) is 16.7 Å².